The molecule has 0 spiro atoms. The van der Waals surface area contributed by atoms with Gasteiger partial charge in [0, 0.05) is 6.07 Å². The molecule has 2 rings (SSSR count). The minimum Gasteiger partial charge on any atom is -0.493 e. The second kappa shape index (κ2) is 7.79. The van der Waals surface area contributed by atoms with Crippen LogP contribution in [0.5, 0.6) is 11.5 Å². The van der Waals surface area contributed by atoms with Crippen molar-refractivity contribution in [2.45, 2.75) is 4.90 Å². The van der Waals surface area contributed by atoms with Gasteiger partial charge in [-0.25, -0.2) is 12.8 Å². The number of halogens is 2. The lowest BCUT2D eigenvalue weighted by Crippen LogP contribution is -2.35. The smallest absolute Gasteiger partial charge is 0.324 e. The Morgan fingerprint density at radius 1 is 1.15 bits per heavy atom. The second-order valence-electron chi connectivity index (χ2n) is 5.02. The summed E-state index contributed by atoms with van der Waals surface area (Å²) < 4.78 is 50.1. The first-order chi connectivity index (χ1) is 12.2. The number of carboxylic acid groups (broad SMARTS) is 1. The normalized spacial score (nSPS) is 11.1. The number of hydrogen-bond acceptors (Lipinski definition) is 5. The zero-order valence-corrected chi connectivity index (χ0v) is 15.3. The monoisotopic (exact) mass is 403 g/mol. The Kier molecular flexibility index (Phi) is 5.94. The highest BCUT2D eigenvalue weighted by Gasteiger charge is 2.28. The van der Waals surface area contributed by atoms with Gasteiger partial charge in [0.25, 0.3) is 10.0 Å². The summed E-state index contributed by atoms with van der Waals surface area (Å²) in [6.07, 6.45) is 0. The van der Waals surface area contributed by atoms with Crippen LogP contribution < -0.4 is 13.8 Å². The molecule has 26 heavy (non-hydrogen) atoms. The third-order valence-electron chi connectivity index (χ3n) is 3.41. The van der Waals surface area contributed by atoms with Crippen molar-refractivity contribution in [3.63, 3.8) is 0 Å². The van der Waals surface area contributed by atoms with Crippen LogP contribution in [0.4, 0.5) is 10.1 Å². The van der Waals surface area contributed by atoms with Crippen molar-refractivity contribution >= 4 is 33.3 Å². The molecular formula is C16H15ClFNO6S. The number of methoxy groups -OCH3 is 2. The van der Waals surface area contributed by atoms with Crippen LogP contribution in [0, 0.1) is 5.82 Å². The van der Waals surface area contributed by atoms with Gasteiger partial charge in [0.15, 0.2) is 11.5 Å². The zero-order valence-electron chi connectivity index (χ0n) is 13.8. The summed E-state index contributed by atoms with van der Waals surface area (Å²) in [5.74, 6) is -1.69. The molecule has 0 aliphatic carbocycles. The van der Waals surface area contributed by atoms with E-state index in [0.29, 0.717) is 10.1 Å². The molecule has 0 aliphatic rings. The first-order valence-corrected chi connectivity index (χ1v) is 8.94. The number of aliphatic carboxylic acids is 1. The molecule has 0 aliphatic heterocycles. The number of carboxylic acids is 1. The summed E-state index contributed by atoms with van der Waals surface area (Å²) in [5, 5.41) is 8.77. The third-order valence-corrected chi connectivity index (χ3v) is 5.47. The van der Waals surface area contributed by atoms with Gasteiger partial charge in [-0.3, -0.25) is 9.10 Å². The van der Waals surface area contributed by atoms with E-state index in [2.05, 4.69) is 0 Å². The van der Waals surface area contributed by atoms with Gasteiger partial charge in [0.1, 0.15) is 12.4 Å². The molecule has 0 unspecified atom stereocenters. The van der Waals surface area contributed by atoms with Crippen molar-refractivity contribution in [3.05, 3.63) is 47.2 Å². The van der Waals surface area contributed by atoms with Crippen LogP contribution in [0.2, 0.25) is 5.02 Å². The number of anilines is 1. The van der Waals surface area contributed by atoms with E-state index >= 15 is 0 Å². The Hall–Kier alpha value is -2.52. The average molecular weight is 404 g/mol. The molecule has 0 aromatic heterocycles. The van der Waals surface area contributed by atoms with Crippen molar-refractivity contribution < 1.29 is 32.2 Å². The van der Waals surface area contributed by atoms with Crippen LogP contribution >= 0.6 is 11.6 Å². The summed E-state index contributed by atoms with van der Waals surface area (Å²) in [5.41, 5.74) is -0.0893. The topological polar surface area (TPSA) is 93.1 Å². The van der Waals surface area contributed by atoms with Gasteiger partial charge in [-0.1, -0.05) is 11.6 Å². The minimum absolute atomic E-state index is 0.0893. The highest BCUT2D eigenvalue weighted by Crippen LogP contribution is 2.33. The molecule has 0 fully saturated rings. The minimum atomic E-state index is -4.30. The maximum absolute atomic E-state index is 13.4. The number of rotatable bonds is 7. The number of carbonyl (C=O) groups is 1. The fourth-order valence-corrected chi connectivity index (χ4v) is 3.78. The van der Waals surface area contributed by atoms with Crippen LogP contribution in [0.1, 0.15) is 0 Å². The number of benzene rings is 2. The molecule has 0 radical (unpaired) electrons. The van der Waals surface area contributed by atoms with Crippen LogP contribution in [0.3, 0.4) is 0 Å². The van der Waals surface area contributed by atoms with Crippen LogP contribution in [-0.2, 0) is 14.8 Å². The molecule has 0 heterocycles. The van der Waals surface area contributed by atoms with E-state index in [9.17, 15) is 17.6 Å². The van der Waals surface area contributed by atoms with Gasteiger partial charge in [-0.2, -0.15) is 0 Å². The van der Waals surface area contributed by atoms with E-state index in [-0.39, 0.29) is 21.4 Å². The lowest BCUT2D eigenvalue weighted by atomic mass is 10.3. The predicted molar refractivity (Wildman–Crippen MR) is 93.1 cm³/mol. The molecular weight excluding hydrogens is 389 g/mol. The second-order valence-corrected chi connectivity index (χ2v) is 7.29. The fourth-order valence-electron chi connectivity index (χ4n) is 2.18. The number of hydrogen-bond donors (Lipinski definition) is 1. The molecule has 0 amide bonds. The van der Waals surface area contributed by atoms with E-state index in [1.165, 1.54) is 32.4 Å². The van der Waals surface area contributed by atoms with Crippen molar-refractivity contribution in [2.24, 2.45) is 0 Å². The fraction of sp³-hybridized carbons (Fsp3) is 0.188. The average Bonchev–Trinajstić information content (AvgIpc) is 2.61. The van der Waals surface area contributed by atoms with Crippen LogP contribution in [-0.4, -0.2) is 40.3 Å². The summed E-state index contributed by atoms with van der Waals surface area (Å²) in [4.78, 5) is 11.0. The van der Waals surface area contributed by atoms with Crippen molar-refractivity contribution in [1.82, 2.24) is 0 Å². The van der Waals surface area contributed by atoms with E-state index in [1.54, 1.807) is 0 Å². The van der Waals surface area contributed by atoms with Crippen LogP contribution in [0.15, 0.2) is 41.3 Å². The Bertz CT molecular complexity index is 934. The molecule has 7 nitrogen and oxygen atoms in total. The molecule has 0 atom stereocenters. The van der Waals surface area contributed by atoms with Crippen molar-refractivity contribution in [2.75, 3.05) is 25.1 Å². The van der Waals surface area contributed by atoms with Gasteiger partial charge in [-0.15, -0.1) is 0 Å². The summed E-state index contributed by atoms with van der Waals surface area (Å²) >= 11 is 5.70. The Balaban J connectivity index is 2.59. The SMILES string of the molecule is COc1ccc(S(=O)(=O)N(CC(=O)O)c2ccc(F)c(Cl)c2)cc1OC. The van der Waals surface area contributed by atoms with Gasteiger partial charge < -0.3 is 14.6 Å². The Morgan fingerprint density at radius 2 is 1.81 bits per heavy atom. The quantitative estimate of drug-likeness (QED) is 0.764. The zero-order chi connectivity index (χ0) is 19.5. The largest absolute Gasteiger partial charge is 0.493 e. The highest BCUT2D eigenvalue weighted by atomic mass is 35.5. The maximum Gasteiger partial charge on any atom is 0.324 e. The summed E-state index contributed by atoms with van der Waals surface area (Å²) in [6.45, 7) is -0.876. The molecule has 1 N–H and O–H groups in total. The summed E-state index contributed by atoms with van der Waals surface area (Å²) in [7, 11) is -1.57. The van der Waals surface area contributed by atoms with Gasteiger partial charge >= 0.3 is 5.97 Å². The van der Waals surface area contributed by atoms with E-state index in [0.717, 1.165) is 18.2 Å². The molecule has 0 bridgehead atoms. The van der Waals surface area contributed by atoms with Crippen molar-refractivity contribution in [1.29, 1.82) is 0 Å². The summed E-state index contributed by atoms with van der Waals surface area (Å²) in [6, 6.07) is 6.95. The molecule has 2 aromatic carbocycles. The highest BCUT2D eigenvalue weighted by molar-refractivity contribution is 7.92. The van der Waals surface area contributed by atoms with E-state index in [4.69, 9.17) is 26.2 Å². The van der Waals surface area contributed by atoms with Gasteiger partial charge in [0.05, 0.1) is 29.8 Å². The Morgan fingerprint density at radius 3 is 2.35 bits per heavy atom. The lowest BCUT2D eigenvalue weighted by molar-refractivity contribution is -0.135. The standard InChI is InChI=1S/C16H15ClFNO6S/c1-24-14-6-4-11(8-15(14)25-2)26(22,23)19(9-16(20)21)10-3-5-13(18)12(17)7-10/h3-8H,9H2,1-2H3,(H,20,21). The predicted octanol–water partition coefficient (Wildman–Crippen LogP) is 2.78. The van der Waals surface area contributed by atoms with Crippen molar-refractivity contribution in [3.8, 4) is 11.5 Å². The molecule has 0 saturated carbocycles. The molecule has 140 valence electrons. The van der Waals surface area contributed by atoms with Crippen LogP contribution in [0.25, 0.3) is 0 Å². The van der Waals surface area contributed by atoms with Gasteiger partial charge in [-0.05, 0) is 30.3 Å². The number of nitrogens with zero attached hydrogens (tertiary/aromatic N) is 1. The number of ether oxygens (including phenoxy) is 2. The molecule has 2 aromatic rings. The lowest BCUT2D eigenvalue weighted by Gasteiger charge is -2.23. The number of sulfonamides is 1. The first-order valence-electron chi connectivity index (χ1n) is 7.12. The Labute approximate surface area is 154 Å². The molecule has 10 heteroatoms. The van der Waals surface area contributed by atoms with E-state index in [1.807, 2.05) is 0 Å². The third kappa shape index (κ3) is 4.00. The van der Waals surface area contributed by atoms with E-state index < -0.39 is 28.4 Å². The van der Waals surface area contributed by atoms with Gasteiger partial charge in [0.2, 0.25) is 0 Å². The maximum atomic E-state index is 13.4. The first kappa shape index (κ1) is 19.8. The molecule has 0 saturated heterocycles.